The molecule has 0 amide bonds. The summed E-state index contributed by atoms with van der Waals surface area (Å²) >= 11 is 0. The Labute approximate surface area is 135 Å². The van der Waals surface area contributed by atoms with Crippen molar-refractivity contribution in [3.63, 3.8) is 0 Å². The zero-order chi connectivity index (χ0) is 17.1. The van der Waals surface area contributed by atoms with E-state index in [1.807, 2.05) is 0 Å². The summed E-state index contributed by atoms with van der Waals surface area (Å²) in [6.07, 6.45) is 1.80. The molecule has 0 bridgehead atoms. The van der Waals surface area contributed by atoms with E-state index in [-0.39, 0.29) is 24.3 Å². The number of aryl methyl sites for hydroxylation is 1. The van der Waals surface area contributed by atoms with Crippen LogP contribution >= 0.6 is 0 Å². The third-order valence-electron chi connectivity index (χ3n) is 4.26. The van der Waals surface area contributed by atoms with E-state index in [0.29, 0.717) is 22.5 Å². The summed E-state index contributed by atoms with van der Waals surface area (Å²) in [6.45, 7) is 6.94. The number of carbonyl (C=O) groups is 3. The molecule has 0 aromatic carbocycles. The van der Waals surface area contributed by atoms with E-state index >= 15 is 0 Å². The average molecular weight is 321 g/mol. The van der Waals surface area contributed by atoms with Crippen molar-refractivity contribution in [2.45, 2.75) is 53.1 Å². The van der Waals surface area contributed by atoms with E-state index in [1.165, 1.54) is 0 Å². The van der Waals surface area contributed by atoms with Crippen molar-refractivity contribution in [2.75, 3.05) is 6.61 Å². The summed E-state index contributed by atoms with van der Waals surface area (Å²) in [5.74, 6) is -1.19. The highest BCUT2D eigenvalue weighted by molar-refractivity contribution is 6.04. The number of esters is 2. The van der Waals surface area contributed by atoms with Gasteiger partial charge in [0.15, 0.2) is 6.10 Å². The van der Waals surface area contributed by atoms with Crippen molar-refractivity contribution >= 4 is 17.7 Å². The number of rotatable bonds is 6. The number of aromatic nitrogens is 1. The SMILES string of the molecule is CCOC(=O)c1c(C)[nH]c(C(=O)[C@H](C)OC(=O)C2CCC2)c1C. The first-order valence-corrected chi connectivity index (χ1v) is 7.97. The summed E-state index contributed by atoms with van der Waals surface area (Å²) in [6, 6.07) is 0. The Kier molecular flexibility index (Phi) is 5.23. The van der Waals surface area contributed by atoms with Crippen LogP contribution in [0.25, 0.3) is 0 Å². The Morgan fingerprint density at radius 2 is 1.91 bits per heavy atom. The topological polar surface area (TPSA) is 85.5 Å². The summed E-state index contributed by atoms with van der Waals surface area (Å²) in [4.78, 5) is 39.3. The number of aromatic amines is 1. The van der Waals surface area contributed by atoms with Crippen LogP contribution in [0.15, 0.2) is 0 Å². The fraction of sp³-hybridized carbons (Fsp3) is 0.588. The minimum atomic E-state index is -0.880. The fourth-order valence-electron chi connectivity index (χ4n) is 2.68. The van der Waals surface area contributed by atoms with E-state index in [4.69, 9.17) is 9.47 Å². The Morgan fingerprint density at radius 3 is 2.43 bits per heavy atom. The van der Waals surface area contributed by atoms with E-state index in [2.05, 4.69) is 4.98 Å². The number of carbonyl (C=O) groups excluding carboxylic acids is 3. The molecule has 1 heterocycles. The van der Waals surface area contributed by atoms with Gasteiger partial charge in [-0.1, -0.05) is 6.42 Å². The van der Waals surface area contributed by atoms with Crippen molar-refractivity contribution in [3.8, 4) is 0 Å². The summed E-state index contributed by atoms with van der Waals surface area (Å²) in [5, 5.41) is 0. The molecule has 1 aromatic heterocycles. The van der Waals surface area contributed by atoms with Crippen LogP contribution in [0.4, 0.5) is 0 Å². The third-order valence-corrected chi connectivity index (χ3v) is 4.26. The average Bonchev–Trinajstić information content (AvgIpc) is 2.71. The van der Waals surface area contributed by atoms with Gasteiger partial charge in [0, 0.05) is 5.69 Å². The lowest BCUT2D eigenvalue weighted by Gasteiger charge is -2.24. The first-order chi connectivity index (χ1) is 10.9. The van der Waals surface area contributed by atoms with Crippen molar-refractivity contribution in [1.82, 2.24) is 4.98 Å². The van der Waals surface area contributed by atoms with Crippen molar-refractivity contribution in [3.05, 3.63) is 22.5 Å². The highest BCUT2D eigenvalue weighted by atomic mass is 16.5. The van der Waals surface area contributed by atoms with Gasteiger partial charge in [0.1, 0.15) is 0 Å². The van der Waals surface area contributed by atoms with Crippen LogP contribution in [0.1, 0.15) is 65.2 Å². The Bertz CT molecular complexity index is 627. The second-order valence-electron chi connectivity index (χ2n) is 5.92. The lowest BCUT2D eigenvalue weighted by Crippen LogP contribution is -2.31. The third kappa shape index (κ3) is 3.46. The van der Waals surface area contributed by atoms with Gasteiger partial charge >= 0.3 is 11.9 Å². The van der Waals surface area contributed by atoms with Gasteiger partial charge in [-0.2, -0.15) is 0 Å². The van der Waals surface area contributed by atoms with Gasteiger partial charge in [0.25, 0.3) is 0 Å². The molecule has 126 valence electrons. The van der Waals surface area contributed by atoms with Crippen LogP contribution in [-0.2, 0) is 14.3 Å². The number of ketones is 1. The molecular weight excluding hydrogens is 298 g/mol. The van der Waals surface area contributed by atoms with E-state index in [9.17, 15) is 14.4 Å². The lowest BCUT2D eigenvalue weighted by atomic mass is 9.85. The first-order valence-electron chi connectivity index (χ1n) is 7.97. The molecule has 0 radical (unpaired) electrons. The second kappa shape index (κ2) is 6.98. The molecule has 1 saturated carbocycles. The van der Waals surface area contributed by atoms with E-state index in [1.54, 1.807) is 27.7 Å². The van der Waals surface area contributed by atoms with Crippen LogP contribution in [-0.4, -0.2) is 35.4 Å². The predicted octanol–water partition coefficient (Wildman–Crippen LogP) is 2.72. The van der Waals surface area contributed by atoms with Crippen molar-refractivity contribution < 1.29 is 23.9 Å². The normalized spacial score (nSPS) is 15.7. The van der Waals surface area contributed by atoms with Gasteiger partial charge in [-0.15, -0.1) is 0 Å². The zero-order valence-corrected chi connectivity index (χ0v) is 14.0. The van der Waals surface area contributed by atoms with Gasteiger partial charge in [-0.3, -0.25) is 9.59 Å². The van der Waals surface area contributed by atoms with Crippen LogP contribution in [0.2, 0.25) is 0 Å². The van der Waals surface area contributed by atoms with Gasteiger partial charge < -0.3 is 14.5 Å². The van der Waals surface area contributed by atoms with Gasteiger partial charge in [0.05, 0.1) is 23.8 Å². The van der Waals surface area contributed by atoms with Gasteiger partial charge in [-0.05, 0) is 46.1 Å². The maximum absolute atomic E-state index is 12.5. The van der Waals surface area contributed by atoms with Crippen LogP contribution in [0.5, 0.6) is 0 Å². The minimum absolute atomic E-state index is 0.0770. The maximum atomic E-state index is 12.5. The molecule has 1 aromatic rings. The van der Waals surface area contributed by atoms with Crippen LogP contribution in [0.3, 0.4) is 0 Å². The Balaban J connectivity index is 2.14. The molecule has 0 saturated heterocycles. The molecule has 23 heavy (non-hydrogen) atoms. The predicted molar refractivity (Wildman–Crippen MR) is 83.4 cm³/mol. The number of nitrogens with one attached hydrogen (secondary N) is 1. The maximum Gasteiger partial charge on any atom is 0.340 e. The van der Waals surface area contributed by atoms with Gasteiger partial charge in [-0.25, -0.2) is 4.79 Å². The molecule has 6 heteroatoms. The molecule has 1 N–H and O–H groups in total. The number of hydrogen-bond donors (Lipinski definition) is 1. The highest BCUT2D eigenvalue weighted by Crippen LogP contribution is 2.28. The second-order valence-corrected chi connectivity index (χ2v) is 5.92. The molecule has 1 aliphatic rings. The Morgan fingerprint density at radius 1 is 1.26 bits per heavy atom. The molecule has 1 aliphatic carbocycles. The summed E-state index contributed by atoms with van der Waals surface area (Å²) in [7, 11) is 0. The smallest absolute Gasteiger partial charge is 0.340 e. The fourth-order valence-corrected chi connectivity index (χ4v) is 2.68. The molecular formula is C17H23NO5. The van der Waals surface area contributed by atoms with E-state index < -0.39 is 12.1 Å². The number of H-pyrrole nitrogens is 1. The molecule has 1 atom stereocenters. The van der Waals surface area contributed by atoms with Crippen molar-refractivity contribution in [1.29, 1.82) is 0 Å². The number of hydrogen-bond acceptors (Lipinski definition) is 5. The lowest BCUT2D eigenvalue weighted by molar-refractivity contribution is -0.154. The molecule has 1 fully saturated rings. The molecule has 6 nitrogen and oxygen atoms in total. The van der Waals surface area contributed by atoms with E-state index in [0.717, 1.165) is 19.3 Å². The zero-order valence-electron chi connectivity index (χ0n) is 14.0. The minimum Gasteiger partial charge on any atom is -0.462 e. The molecule has 0 aliphatic heterocycles. The summed E-state index contributed by atoms with van der Waals surface area (Å²) in [5.41, 5.74) is 1.76. The largest absolute Gasteiger partial charge is 0.462 e. The van der Waals surface area contributed by atoms with Crippen molar-refractivity contribution in [2.24, 2.45) is 5.92 Å². The first kappa shape index (κ1) is 17.2. The number of ether oxygens (including phenoxy) is 2. The molecule has 2 rings (SSSR count). The Hall–Kier alpha value is -2.11. The van der Waals surface area contributed by atoms with Crippen LogP contribution < -0.4 is 0 Å². The number of Topliss-reactive ketones (excluding diaryl/α,β-unsaturated/α-hetero) is 1. The summed E-state index contributed by atoms with van der Waals surface area (Å²) < 4.78 is 10.3. The monoisotopic (exact) mass is 321 g/mol. The molecule has 0 spiro atoms. The highest BCUT2D eigenvalue weighted by Gasteiger charge is 2.31. The quantitative estimate of drug-likeness (QED) is 0.643. The standard InChI is InChI=1S/C17H23NO5/c1-5-22-17(21)13-9(2)14(18-10(13)3)15(19)11(4)23-16(20)12-7-6-8-12/h11-12,18H,5-8H2,1-4H3/t11-/m0/s1. The van der Waals surface area contributed by atoms with Gasteiger partial charge in [0.2, 0.25) is 5.78 Å². The molecule has 0 unspecified atom stereocenters. The van der Waals surface area contributed by atoms with Crippen LogP contribution in [0, 0.1) is 19.8 Å².